The summed E-state index contributed by atoms with van der Waals surface area (Å²) in [6, 6.07) is 16.4. The summed E-state index contributed by atoms with van der Waals surface area (Å²) in [5.74, 6) is 0.119. The molecule has 1 aliphatic rings. The Labute approximate surface area is 167 Å². The van der Waals surface area contributed by atoms with Gasteiger partial charge < -0.3 is 14.4 Å². The molecule has 0 bridgehead atoms. The van der Waals surface area contributed by atoms with Crippen molar-refractivity contribution in [2.45, 2.75) is 20.8 Å². The van der Waals surface area contributed by atoms with Crippen molar-refractivity contribution < 1.29 is 4.79 Å². The third-order valence-corrected chi connectivity index (χ3v) is 5.82. The molecule has 1 aromatic heterocycles. The summed E-state index contributed by atoms with van der Waals surface area (Å²) in [5, 5.41) is 0. The van der Waals surface area contributed by atoms with Gasteiger partial charge in [-0.3, -0.25) is 4.79 Å². The summed E-state index contributed by atoms with van der Waals surface area (Å²) in [4.78, 5) is 17.5. The Bertz CT molecular complexity index is 983. The van der Waals surface area contributed by atoms with Gasteiger partial charge in [0.1, 0.15) is 0 Å². The highest BCUT2D eigenvalue weighted by Crippen LogP contribution is 2.24. The highest BCUT2D eigenvalue weighted by Gasteiger charge is 2.23. The van der Waals surface area contributed by atoms with Gasteiger partial charge in [-0.25, -0.2) is 0 Å². The van der Waals surface area contributed by atoms with Crippen LogP contribution in [-0.2, 0) is 0 Å². The third-order valence-electron chi connectivity index (χ3n) is 5.82. The van der Waals surface area contributed by atoms with Crippen molar-refractivity contribution in [3.8, 4) is 5.69 Å². The van der Waals surface area contributed by atoms with E-state index in [0.717, 1.165) is 43.0 Å². The molecule has 1 fully saturated rings. The predicted molar refractivity (Wildman–Crippen MR) is 115 cm³/mol. The van der Waals surface area contributed by atoms with Crippen LogP contribution in [0.15, 0.2) is 60.9 Å². The first-order chi connectivity index (χ1) is 13.5. The lowest BCUT2D eigenvalue weighted by atomic mass is 10.1. The maximum absolute atomic E-state index is 13.1. The summed E-state index contributed by atoms with van der Waals surface area (Å²) in [6.07, 6.45) is 4.03. The number of hydrogen-bond donors (Lipinski definition) is 0. The van der Waals surface area contributed by atoms with Crippen molar-refractivity contribution in [2.24, 2.45) is 0 Å². The minimum Gasteiger partial charge on any atom is -0.368 e. The Kier molecular flexibility index (Phi) is 4.95. The van der Waals surface area contributed by atoms with Crippen LogP contribution in [0.1, 0.15) is 27.0 Å². The van der Waals surface area contributed by atoms with Crippen LogP contribution in [-0.4, -0.2) is 41.6 Å². The number of aryl methyl sites for hydroxylation is 2. The summed E-state index contributed by atoms with van der Waals surface area (Å²) in [5.41, 5.74) is 6.91. The van der Waals surface area contributed by atoms with Gasteiger partial charge in [0.05, 0.1) is 0 Å². The number of rotatable bonds is 3. The van der Waals surface area contributed by atoms with Crippen LogP contribution >= 0.6 is 0 Å². The first-order valence-electron chi connectivity index (χ1n) is 9.89. The fourth-order valence-corrected chi connectivity index (χ4v) is 3.93. The van der Waals surface area contributed by atoms with Gasteiger partial charge in [0, 0.05) is 55.5 Å². The molecule has 4 rings (SSSR count). The van der Waals surface area contributed by atoms with Crippen molar-refractivity contribution in [1.29, 1.82) is 0 Å². The highest BCUT2D eigenvalue weighted by molar-refractivity contribution is 5.95. The molecule has 0 radical (unpaired) electrons. The fraction of sp³-hybridized carbons (Fsp3) is 0.292. The molecule has 4 nitrogen and oxygen atoms in total. The molecule has 1 amide bonds. The van der Waals surface area contributed by atoms with E-state index in [2.05, 4.69) is 48.4 Å². The van der Waals surface area contributed by atoms with Crippen LogP contribution in [0, 0.1) is 20.8 Å². The monoisotopic (exact) mass is 373 g/mol. The minimum atomic E-state index is 0.119. The molecule has 0 unspecified atom stereocenters. The number of benzene rings is 2. The van der Waals surface area contributed by atoms with Crippen LogP contribution in [0.5, 0.6) is 0 Å². The van der Waals surface area contributed by atoms with Gasteiger partial charge in [-0.15, -0.1) is 0 Å². The number of amides is 1. The normalized spacial score (nSPS) is 14.4. The molecule has 4 heteroatoms. The molecule has 28 heavy (non-hydrogen) atoms. The smallest absolute Gasteiger partial charge is 0.254 e. The Morgan fingerprint density at radius 2 is 1.50 bits per heavy atom. The largest absolute Gasteiger partial charge is 0.368 e. The molecule has 0 aliphatic carbocycles. The number of aromatic nitrogens is 1. The van der Waals surface area contributed by atoms with E-state index >= 15 is 0 Å². The lowest BCUT2D eigenvalue weighted by Crippen LogP contribution is -2.49. The topological polar surface area (TPSA) is 28.5 Å². The van der Waals surface area contributed by atoms with E-state index in [1.165, 1.54) is 16.8 Å². The molecule has 2 aromatic carbocycles. The van der Waals surface area contributed by atoms with Crippen LogP contribution in [0.25, 0.3) is 5.69 Å². The Hall–Kier alpha value is -3.01. The predicted octanol–water partition coefficient (Wildman–Crippen LogP) is 4.36. The SMILES string of the molecule is Cc1ccc(C(=O)N2CCN(c3cccc(C)c3C)CC2)cc1-n1cccc1. The van der Waals surface area contributed by atoms with Gasteiger partial charge in [0.2, 0.25) is 0 Å². The zero-order valence-corrected chi connectivity index (χ0v) is 16.9. The molecule has 3 aromatic rings. The van der Waals surface area contributed by atoms with E-state index in [9.17, 15) is 4.79 Å². The number of nitrogens with zero attached hydrogens (tertiary/aromatic N) is 3. The summed E-state index contributed by atoms with van der Waals surface area (Å²) < 4.78 is 2.06. The molecule has 0 N–H and O–H groups in total. The van der Waals surface area contributed by atoms with Crippen molar-refractivity contribution in [2.75, 3.05) is 31.1 Å². The van der Waals surface area contributed by atoms with E-state index in [4.69, 9.17) is 0 Å². The number of carbonyl (C=O) groups excluding carboxylic acids is 1. The third kappa shape index (κ3) is 3.42. The summed E-state index contributed by atoms with van der Waals surface area (Å²) in [6.45, 7) is 9.64. The lowest BCUT2D eigenvalue weighted by Gasteiger charge is -2.37. The number of anilines is 1. The second-order valence-corrected chi connectivity index (χ2v) is 7.59. The van der Waals surface area contributed by atoms with Crippen molar-refractivity contribution in [3.05, 3.63) is 83.2 Å². The lowest BCUT2D eigenvalue weighted by molar-refractivity contribution is 0.0746. The maximum atomic E-state index is 13.1. The van der Waals surface area contributed by atoms with E-state index in [0.29, 0.717) is 0 Å². The molecule has 0 saturated carbocycles. The van der Waals surface area contributed by atoms with Crippen LogP contribution < -0.4 is 4.90 Å². The molecule has 1 aliphatic heterocycles. The van der Waals surface area contributed by atoms with Gasteiger partial charge in [-0.1, -0.05) is 18.2 Å². The van der Waals surface area contributed by atoms with Crippen molar-refractivity contribution >= 4 is 11.6 Å². The maximum Gasteiger partial charge on any atom is 0.254 e. The highest BCUT2D eigenvalue weighted by atomic mass is 16.2. The van der Waals surface area contributed by atoms with Crippen LogP contribution in [0.3, 0.4) is 0 Å². The zero-order chi connectivity index (χ0) is 19.7. The first kappa shape index (κ1) is 18.4. The molecular formula is C24H27N3O. The first-order valence-corrected chi connectivity index (χ1v) is 9.89. The molecule has 1 saturated heterocycles. The van der Waals surface area contributed by atoms with Gasteiger partial charge in [0.15, 0.2) is 0 Å². The quantitative estimate of drug-likeness (QED) is 0.682. The molecule has 0 atom stereocenters. The Morgan fingerprint density at radius 3 is 2.21 bits per heavy atom. The van der Waals surface area contributed by atoms with Crippen LogP contribution in [0.4, 0.5) is 5.69 Å². The van der Waals surface area contributed by atoms with Gasteiger partial charge in [-0.2, -0.15) is 0 Å². The number of carbonyl (C=O) groups is 1. The standard InChI is InChI=1S/C24H27N3O/c1-18-7-6-8-22(20(18)3)26-13-15-27(16-14-26)24(28)21-10-9-19(2)23(17-21)25-11-4-5-12-25/h4-12,17H,13-16H2,1-3H3. The number of piperazine rings is 1. The zero-order valence-electron chi connectivity index (χ0n) is 16.9. The molecule has 144 valence electrons. The summed E-state index contributed by atoms with van der Waals surface area (Å²) in [7, 11) is 0. The summed E-state index contributed by atoms with van der Waals surface area (Å²) >= 11 is 0. The van der Waals surface area contributed by atoms with Crippen molar-refractivity contribution in [1.82, 2.24) is 9.47 Å². The Morgan fingerprint density at radius 1 is 0.786 bits per heavy atom. The van der Waals surface area contributed by atoms with E-state index in [1.54, 1.807) is 0 Å². The Balaban J connectivity index is 1.49. The fourth-order valence-electron chi connectivity index (χ4n) is 3.93. The van der Waals surface area contributed by atoms with Crippen LogP contribution in [0.2, 0.25) is 0 Å². The van der Waals surface area contributed by atoms with E-state index < -0.39 is 0 Å². The van der Waals surface area contributed by atoms with E-state index in [-0.39, 0.29) is 5.91 Å². The van der Waals surface area contributed by atoms with Gasteiger partial charge in [-0.05, 0) is 67.8 Å². The second-order valence-electron chi connectivity index (χ2n) is 7.59. The van der Waals surface area contributed by atoms with Gasteiger partial charge >= 0.3 is 0 Å². The minimum absolute atomic E-state index is 0.119. The molecule has 0 spiro atoms. The molecular weight excluding hydrogens is 346 g/mol. The number of hydrogen-bond acceptors (Lipinski definition) is 2. The van der Waals surface area contributed by atoms with Gasteiger partial charge in [0.25, 0.3) is 5.91 Å². The van der Waals surface area contributed by atoms with E-state index in [1.807, 2.05) is 47.6 Å². The molecule has 2 heterocycles. The van der Waals surface area contributed by atoms with Crippen molar-refractivity contribution in [3.63, 3.8) is 0 Å². The average molecular weight is 374 g/mol. The second kappa shape index (κ2) is 7.55. The average Bonchev–Trinajstić information content (AvgIpc) is 3.25.